The van der Waals surface area contributed by atoms with E-state index in [4.69, 9.17) is 9.47 Å². The highest BCUT2D eigenvalue weighted by molar-refractivity contribution is 5.90. The second kappa shape index (κ2) is 6.35. The third-order valence-corrected chi connectivity index (χ3v) is 3.31. The minimum atomic E-state index is -0.412. The largest absolute Gasteiger partial charge is 0.497 e. The number of nitrogens with zero attached hydrogens (tertiary/aromatic N) is 3. The van der Waals surface area contributed by atoms with Crippen LogP contribution in [-0.2, 0) is 11.3 Å². The quantitative estimate of drug-likeness (QED) is 0.672. The first-order chi connectivity index (χ1) is 11.2. The van der Waals surface area contributed by atoms with Crippen LogP contribution >= 0.6 is 0 Å². The van der Waals surface area contributed by atoms with Crippen LogP contribution in [0.4, 0.5) is 0 Å². The van der Waals surface area contributed by atoms with Crippen molar-refractivity contribution in [1.82, 2.24) is 14.6 Å². The molecule has 0 saturated heterocycles. The van der Waals surface area contributed by atoms with Crippen LogP contribution < -0.4 is 9.47 Å². The fourth-order valence-electron chi connectivity index (χ4n) is 2.12. The maximum atomic E-state index is 11.5. The molecule has 0 atom stereocenters. The van der Waals surface area contributed by atoms with Gasteiger partial charge in [-0.05, 0) is 24.3 Å². The van der Waals surface area contributed by atoms with E-state index in [0.717, 1.165) is 5.75 Å². The van der Waals surface area contributed by atoms with Crippen molar-refractivity contribution in [3.05, 3.63) is 54.0 Å². The summed E-state index contributed by atoms with van der Waals surface area (Å²) in [5.74, 6) is 1.60. The van der Waals surface area contributed by atoms with Gasteiger partial charge in [0.05, 0.1) is 19.8 Å². The number of carbonyl (C=O) groups is 1. The van der Waals surface area contributed by atoms with Crippen molar-refractivity contribution in [1.29, 1.82) is 0 Å². The van der Waals surface area contributed by atoms with Gasteiger partial charge in [0.15, 0.2) is 11.5 Å². The molecule has 0 bridgehead atoms. The first-order valence-electron chi connectivity index (χ1n) is 6.90. The van der Waals surface area contributed by atoms with Crippen LogP contribution in [0.5, 0.6) is 11.5 Å². The van der Waals surface area contributed by atoms with Gasteiger partial charge in [0, 0.05) is 12.3 Å². The molecule has 0 spiro atoms. The van der Waals surface area contributed by atoms with Gasteiger partial charge in [0.25, 0.3) is 0 Å². The average Bonchev–Trinajstić information content (AvgIpc) is 3.01. The summed E-state index contributed by atoms with van der Waals surface area (Å²) in [7, 11) is 2.94. The van der Waals surface area contributed by atoms with E-state index < -0.39 is 5.97 Å². The van der Waals surface area contributed by atoms with Crippen molar-refractivity contribution in [3.8, 4) is 11.5 Å². The van der Waals surface area contributed by atoms with Gasteiger partial charge in [-0.25, -0.2) is 4.79 Å². The minimum Gasteiger partial charge on any atom is -0.497 e. The Morgan fingerprint density at radius 3 is 2.74 bits per heavy atom. The Hall–Kier alpha value is -3.09. The van der Waals surface area contributed by atoms with E-state index in [-0.39, 0.29) is 6.61 Å². The van der Waals surface area contributed by atoms with Crippen LogP contribution in [0.2, 0.25) is 0 Å². The summed E-state index contributed by atoms with van der Waals surface area (Å²) in [5.41, 5.74) is 0.977. The zero-order valence-electron chi connectivity index (χ0n) is 12.7. The summed E-state index contributed by atoms with van der Waals surface area (Å²) < 4.78 is 17.3. The van der Waals surface area contributed by atoms with Crippen molar-refractivity contribution in [2.75, 3.05) is 14.2 Å². The first-order valence-corrected chi connectivity index (χ1v) is 6.90. The van der Waals surface area contributed by atoms with Gasteiger partial charge in [0.2, 0.25) is 0 Å². The Morgan fingerprint density at radius 2 is 1.96 bits per heavy atom. The molecule has 7 heteroatoms. The molecule has 3 aromatic rings. The lowest BCUT2D eigenvalue weighted by Crippen LogP contribution is -2.04. The van der Waals surface area contributed by atoms with Crippen LogP contribution in [0.15, 0.2) is 42.6 Å². The third-order valence-electron chi connectivity index (χ3n) is 3.31. The van der Waals surface area contributed by atoms with E-state index in [2.05, 4.69) is 14.9 Å². The predicted molar refractivity (Wildman–Crippen MR) is 81.7 cm³/mol. The molecule has 1 aromatic carbocycles. The van der Waals surface area contributed by atoms with Gasteiger partial charge in [-0.15, -0.1) is 10.2 Å². The summed E-state index contributed by atoms with van der Waals surface area (Å²) in [6, 6.07) is 10.6. The van der Waals surface area contributed by atoms with Crippen molar-refractivity contribution in [2.24, 2.45) is 0 Å². The standard InChI is InChI=1S/C16H15N3O4/c1-21-12-4-3-5-13(9-12)23-10-15-18-17-14-8-11(16(20)22-2)6-7-19(14)15/h3-9H,10H2,1-2H3. The number of benzene rings is 1. The highest BCUT2D eigenvalue weighted by Gasteiger charge is 2.11. The molecule has 0 radical (unpaired) electrons. The molecule has 0 N–H and O–H groups in total. The number of esters is 1. The number of ether oxygens (including phenoxy) is 3. The maximum absolute atomic E-state index is 11.5. The van der Waals surface area contributed by atoms with Crippen LogP contribution in [0.1, 0.15) is 16.2 Å². The van der Waals surface area contributed by atoms with Crippen LogP contribution in [0, 0.1) is 0 Å². The molecule has 0 saturated carbocycles. The Morgan fingerprint density at radius 1 is 1.13 bits per heavy atom. The third kappa shape index (κ3) is 3.08. The zero-order chi connectivity index (χ0) is 16.2. The summed E-state index contributed by atoms with van der Waals surface area (Å²) >= 11 is 0. The summed E-state index contributed by atoms with van der Waals surface area (Å²) in [6.07, 6.45) is 1.71. The van der Waals surface area contributed by atoms with Crippen LogP contribution in [-0.4, -0.2) is 34.8 Å². The van der Waals surface area contributed by atoms with Gasteiger partial charge < -0.3 is 14.2 Å². The molecule has 0 aliphatic rings. The Bertz CT molecular complexity index is 844. The lowest BCUT2D eigenvalue weighted by Gasteiger charge is -2.07. The molecule has 2 heterocycles. The van der Waals surface area contributed by atoms with Crippen LogP contribution in [0.3, 0.4) is 0 Å². The Kier molecular flexibility index (Phi) is 4.09. The summed E-state index contributed by atoms with van der Waals surface area (Å²) in [5, 5.41) is 8.13. The Balaban J connectivity index is 1.79. The van der Waals surface area contributed by atoms with E-state index in [1.165, 1.54) is 7.11 Å². The van der Waals surface area contributed by atoms with E-state index in [0.29, 0.717) is 22.8 Å². The van der Waals surface area contributed by atoms with E-state index in [1.54, 1.807) is 35.9 Å². The smallest absolute Gasteiger partial charge is 0.338 e. The summed E-state index contributed by atoms with van der Waals surface area (Å²) in [6.45, 7) is 0.242. The van der Waals surface area contributed by atoms with Crippen molar-refractivity contribution >= 4 is 11.6 Å². The van der Waals surface area contributed by atoms with Crippen molar-refractivity contribution in [3.63, 3.8) is 0 Å². The zero-order valence-corrected chi connectivity index (χ0v) is 12.7. The summed E-state index contributed by atoms with van der Waals surface area (Å²) in [4.78, 5) is 11.5. The number of hydrogen-bond acceptors (Lipinski definition) is 6. The topological polar surface area (TPSA) is 75.0 Å². The fourth-order valence-corrected chi connectivity index (χ4v) is 2.12. The van der Waals surface area contributed by atoms with E-state index in [9.17, 15) is 4.79 Å². The molecule has 0 amide bonds. The Labute approximate surface area is 132 Å². The fraction of sp³-hybridized carbons (Fsp3) is 0.188. The number of pyridine rings is 1. The molecule has 0 aliphatic heterocycles. The average molecular weight is 313 g/mol. The normalized spacial score (nSPS) is 10.5. The van der Waals surface area contributed by atoms with E-state index in [1.807, 2.05) is 18.2 Å². The molecule has 3 rings (SSSR count). The predicted octanol–water partition coefficient (Wildman–Crippen LogP) is 2.10. The number of hydrogen-bond donors (Lipinski definition) is 0. The van der Waals surface area contributed by atoms with E-state index >= 15 is 0 Å². The molecule has 0 aliphatic carbocycles. The molecule has 23 heavy (non-hydrogen) atoms. The van der Waals surface area contributed by atoms with Gasteiger partial charge in [0.1, 0.15) is 18.1 Å². The lowest BCUT2D eigenvalue weighted by molar-refractivity contribution is 0.0600. The monoisotopic (exact) mass is 313 g/mol. The number of rotatable bonds is 5. The van der Waals surface area contributed by atoms with Crippen molar-refractivity contribution in [2.45, 2.75) is 6.61 Å². The lowest BCUT2D eigenvalue weighted by atomic mass is 10.2. The molecule has 2 aromatic heterocycles. The second-order valence-electron chi connectivity index (χ2n) is 4.72. The maximum Gasteiger partial charge on any atom is 0.338 e. The minimum absolute atomic E-state index is 0.242. The molecular weight excluding hydrogens is 298 g/mol. The van der Waals surface area contributed by atoms with Crippen molar-refractivity contribution < 1.29 is 19.0 Å². The number of methoxy groups -OCH3 is 2. The van der Waals surface area contributed by atoms with Gasteiger partial charge >= 0.3 is 5.97 Å². The SMILES string of the molecule is COC(=O)c1ccn2c(COc3cccc(OC)c3)nnc2c1. The highest BCUT2D eigenvalue weighted by atomic mass is 16.5. The number of fused-ring (bicyclic) bond motifs is 1. The highest BCUT2D eigenvalue weighted by Crippen LogP contribution is 2.20. The molecule has 0 unspecified atom stereocenters. The van der Waals surface area contributed by atoms with Crippen LogP contribution in [0.25, 0.3) is 5.65 Å². The molecule has 7 nitrogen and oxygen atoms in total. The molecule has 0 fully saturated rings. The van der Waals surface area contributed by atoms with Gasteiger partial charge in [-0.2, -0.15) is 0 Å². The second-order valence-corrected chi connectivity index (χ2v) is 4.72. The van der Waals surface area contributed by atoms with Gasteiger partial charge in [-0.3, -0.25) is 4.40 Å². The number of aromatic nitrogens is 3. The number of carbonyl (C=O) groups excluding carboxylic acids is 1. The van der Waals surface area contributed by atoms with Gasteiger partial charge in [-0.1, -0.05) is 6.07 Å². The first kappa shape index (κ1) is 14.8. The molecular formula is C16H15N3O4. The molecule has 118 valence electrons.